The molecule has 2 N–H and O–H groups in total. The van der Waals surface area contributed by atoms with Gasteiger partial charge in [0.05, 0.1) is 11.6 Å². The molecule has 1 heterocycles. The number of fused-ring (bicyclic) bond motifs is 1. The van der Waals surface area contributed by atoms with Crippen molar-refractivity contribution in [3.05, 3.63) is 33.4 Å². The van der Waals surface area contributed by atoms with Gasteiger partial charge in [0.1, 0.15) is 0 Å². The molecule has 0 atom stereocenters. The Morgan fingerprint density at radius 2 is 2.15 bits per heavy atom. The van der Waals surface area contributed by atoms with Gasteiger partial charge >= 0.3 is 0 Å². The van der Waals surface area contributed by atoms with E-state index in [1.54, 1.807) is 0 Å². The van der Waals surface area contributed by atoms with Crippen molar-refractivity contribution in [2.24, 2.45) is 0 Å². The first kappa shape index (κ1) is 9.06. The first-order chi connectivity index (χ1) is 6.20. The van der Waals surface area contributed by atoms with Crippen LogP contribution in [0.2, 0.25) is 5.02 Å². The van der Waals surface area contributed by atoms with E-state index in [2.05, 4.69) is 20.9 Å². The third kappa shape index (κ3) is 1.59. The fourth-order valence-electron chi connectivity index (χ4n) is 1.27. The first-order valence-electron chi connectivity index (χ1n) is 3.78. The zero-order valence-electron chi connectivity index (χ0n) is 6.64. The van der Waals surface area contributed by atoms with E-state index in [1.165, 1.54) is 0 Å². The van der Waals surface area contributed by atoms with Gasteiger partial charge in [-0.3, -0.25) is 0 Å². The van der Waals surface area contributed by atoms with Crippen LogP contribution in [0.3, 0.4) is 0 Å². The topological polar surface area (TPSA) is 36.0 Å². The standard InChI is InChI=1S/C9H7BrClNO/c10-7-3-9-5(2-8(7)11)1-6(4-13)12-9/h1-3,12-13H,4H2. The van der Waals surface area contributed by atoms with E-state index >= 15 is 0 Å². The smallest absolute Gasteiger partial charge is 0.0831 e. The summed E-state index contributed by atoms with van der Waals surface area (Å²) in [5.41, 5.74) is 1.77. The van der Waals surface area contributed by atoms with Crippen LogP contribution in [-0.2, 0) is 6.61 Å². The second-order valence-corrected chi connectivity index (χ2v) is 4.07. The molecule has 2 aromatic rings. The van der Waals surface area contributed by atoms with Crippen LogP contribution >= 0.6 is 27.5 Å². The molecule has 0 saturated heterocycles. The Hall–Kier alpha value is -0.510. The van der Waals surface area contributed by atoms with E-state index in [9.17, 15) is 0 Å². The highest BCUT2D eigenvalue weighted by Gasteiger charge is 2.03. The number of nitrogens with one attached hydrogen (secondary N) is 1. The average molecular weight is 261 g/mol. The van der Waals surface area contributed by atoms with Crippen molar-refractivity contribution in [2.45, 2.75) is 6.61 Å². The quantitative estimate of drug-likeness (QED) is 0.812. The number of aliphatic hydroxyl groups excluding tert-OH is 1. The van der Waals surface area contributed by atoms with Gasteiger partial charge < -0.3 is 10.1 Å². The summed E-state index contributed by atoms with van der Waals surface area (Å²) >= 11 is 9.25. The maximum atomic E-state index is 8.90. The highest BCUT2D eigenvalue weighted by Crippen LogP contribution is 2.28. The van der Waals surface area contributed by atoms with Crippen LogP contribution in [0.4, 0.5) is 0 Å². The molecule has 2 rings (SSSR count). The number of aromatic nitrogens is 1. The summed E-state index contributed by atoms with van der Waals surface area (Å²) in [4.78, 5) is 3.07. The van der Waals surface area contributed by atoms with Crippen LogP contribution in [0.15, 0.2) is 22.7 Å². The lowest BCUT2D eigenvalue weighted by atomic mass is 10.2. The Morgan fingerprint density at radius 3 is 2.85 bits per heavy atom. The first-order valence-corrected chi connectivity index (χ1v) is 4.95. The Kier molecular flexibility index (Phi) is 2.32. The van der Waals surface area contributed by atoms with Crippen LogP contribution in [0.1, 0.15) is 5.69 Å². The SMILES string of the molecule is OCc1cc2cc(Cl)c(Br)cc2[nH]1. The molecular weight excluding hydrogens is 253 g/mol. The Labute approximate surface area is 88.7 Å². The number of halogens is 2. The van der Waals surface area contributed by atoms with Gasteiger partial charge in [0.25, 0.3) is 0 Å². The molecule has 1 aromatic heterocycles. The molecule has 0 unspecified atom stereocenters. The molecular formula is C9H7BrClNO. The zero-order chi connectivity index (χ0) is 9.42. The van der Waals surface area contributed by atoms with Crippen LogP contribution in [-0.4, -0.2) is 10.1 Å². The fraction of sp³-hybridized carbons (Fsp3) is 0.111. The van der Waals surface area contributed by atoms with E-state index in [0.717, 1.165) is 21.1 Å². The number of aromatic amines is 1. The maximum Gasteiger partial charge on any atom is 0.0831 e. The molecule has 0 radical (unpaired) electrons. The normalized spacial score (nSPS) is 11.0. The van der Waals surface area contributed by atoms with Gasteiger partial charge in [-0.25, -0.2) is 0 Å². The Bertz CT molecular complexity index is 413. The molecule has 0 spiro atoms. The molecule has 0 aliphatic carbocycles. The predicted molar refractivity (Wildman–Crippen MR) is 56.9 cm³/mol. The third-order valence-electron chi connectivity index (χ3n) is 1.89. The van der Waals surface area contributed by atoms with Gasteiger partial charge in [-0.15, -0.1) is 0 Å². The van der Waals surface area contributed by atoms with Gasteiger partial charge in [0.2, 0.25) is 0 Å². The average Bonchev–Trinajstić information content (AvgIpc) is 2.48. The van der Waals surface area contributed by atoms with Gasteiger partial charge in [-0.1, -0.05) is 11.6 Å². The molecule has 0 aliphatic rings. The highest BCUT2D eigenvalue weighted by atomic mass is 79.9. The van der Waals surface area contributed by atoms with Crippen molar-refractivity contribution in [2.75, 3.05) is 0 Å². The lowest BCUT2D eigenvalue weighted by molar-refractivity contribution is 0.278. The van der Waals surface area contributed by atoms with Crippen LogP contribution in [0.5, 0.6) is 0 Å². The summed E-state index contributed by atoms with van der Waals surface area (Å²) in [6.45, 7) is 0.0178. The van der Waals surface area contributed by atoms with Crippen molar-refractivity contribution in [3.63, 3.8) is 0 Å². The number of rotatable bonds is 1. The number of hydrogen-bond donors (Lipinski definition) is 2. The number of H-pyrrole nitrogens is 1. The van der Waals surface area contributed by atoms with Crippen LogP contribution < -0.4 is 0 Å². The third-order valence-corrected chi connectivity index (χ3v) is 3.08. The van der Waals surface area contributed by atoms with Gasteiger partial charge in [-0.05, 0) is 34.1 Å². The number of hydrogen-bond acceptors (Lipinski definition) is 1. The molecule has 13 heavy (non-hydrogen) atoms. The van der Waals surface area contributed by atoms with Crippen LogP contribution in [0, 0.1) is 0 Å². The molecule has 68 valence electrons. The Balaban J connectivity index is 2.70. The van der Waals surface area contributed by atoms with Crippen molar-refractivity contribution in [1.82, 2.24) is 4.98 Å². The van der Waals surface area contributed by atoms with Crippen molar-refractivity contribution in [3.8, 4) is 0 Å². The summed E-state index contributed by atoms with van der Waals surface area (Å²) in [6, 6.07) is 5.64. The minimum absolute atomic E-state index is 0.0178. The summed E-state index contributed by atoms with van der Waals surface area (Å²) in [5, 5.41) is 10.6. The Morgan fingerprint density at radius 1 is 1.38 bits per heavy atom. The largest absolute Gasteiger partial charge is 0.390 e. The summed E-state index contributed by atoms with van der Waals surface area (Å²) < 4.78 is 0.855. The van der Waals surface area contributed by atoms with Gasteiger partial charge in [0, 0.05) is 21.1 Å². The zero-order valence-corrected chi connectivity index (χ0v) is 8.98. The summed E-state index contributed by atoms with van der Waals surface area (Å²) in [5.74, 6) is 0. The summed E-state index contributed by atoms with van der Waals surface area (Å²) in [6.07, 6.45) is 0. The molecule has 4 heteroatoms. The van der Waals surface area contributed by atoms with Crippen LogP contribution in [0.25, 0.3) is 10.9 Å². The lowest BCUT2D eigenvalue weighted by Gasteiger charge is -1.94. The van der Waals surface area contributed by atoms with Gasteiger partial charge in [-0.2, -0.15) is 0 Å². The minimum atomic E-state index is 0.0178. The molecule has 0 bridgehead atoms. The fourth-order valence-corrected chi connectivity index (χ4v) is 1.79. The minimum Gasteiger partial charge on any atom is -0.390 e. The molecule has 0 aliphatic heterocycles. The molecule has 0 fully saturated rings. The highest BCUT2D eigenvalue weighted by molar-refractivity contribution is 9.10. The lowest BCUT2D eigenvalue weighted by Crippen LogP contribution is -1.79. The second-order valence-electron chi connectivity index (χ2n) is 2.81. The maximum absolute atomic E-state index is 8.90. The van der Waals surface area contributed by atoms with Crippen molar-refractivity contribution >= 4 is 38.4 Å². The van der Waals surface area contributed by atoms with E-state index in [4.69, 9.17) is 16.7 Å². The molecule has 0 amide bonds. The molecule has 1 aromatic carbocycles. The monoisotopic (exact) mass is 259 g/mol. The van der Waals surface area contributed by atoms with Crippen molar-refractivity contribution in [1.29, 1.82) is 0 Å². The number of benzene rings is 1. The second kappa shape index (κ2) is 3.33. The van der Waals surface area contributed by atoms with E-state index in [-0.39, 0.29) is 6.61 Å². The van der Waals surface area contributed by atoms with E-state index < -0.39 is 0 Å². The van der Waals surface area contributed by atoms with Crippen molar-refractivity contribution < 1.29 is 5.11 Å². The van der Waals surface area contributed by atoms with E-state index in [0.29, 0.717) is 5.02 Å². The van der Waals surface area contributed by atoms with Gasteiger partial charge in [0.15, 0.2) is 0 Å². The molecule has 0 saturated carbocycles. The number of aliphatic hydroxyl groups is 1. The summed E-state index contributed by atoms with van der Waals surface area (Å²) in [7, 11) is 0. The predicted octanol–water partition coefficient (Wildman–Crippen LogP) is 3.08. The van der Waals surface area contributed by atoms with E-state index in [1.807, 2.05) is 18.2 Å². The molecule has 2 nitrogen and oxygen atoms in total.